The van der Waals surface area contributed by atoms with Crippen LogP contribution in [0.25, 0.3) is 0 Å². The summed E-state index contributed by atoms with van der Waals surface area (Å²) in [4.78, 5) is 13.6. The van der Waals surface area contributed by atoms with Crippen LogP contribution in [0.5, 0.6) is 5.75 Å². The number of carbonyl (C=O) groups excluding carboxylic acids is 1. The highest BCUT2D eigenvalue weighted by Crippen LogP contribution is 2.23. The number of benzene rings is 2. The number of ether oxygens (including phenoxy) is 1. The van der Waals surface area contributed by atoms with Crippen molar-refractivity contribution in [3.8, 4) is 5.75 Å². The quantitative estimate of drug-likeness (QED) is 0.791. The molecule has 24 heavy (non-hydrogen) atoms. The van der Waals surface area contributed by atoms with Crippen LogP contribution >= 0.6 is 0 Å². The highest BCUT2D eigenvalue weighted by Gasteiger charge is 2.13. The standard InChI is InChI=1S/C20H24FNO2/c1-14(2)18-10-9-17(11-15(18)3)24-13-20(23)22(4)12-16-7-5-6-8-19(16)21/h5-11,14H,12-13H2,1-4H3. The average molecular weight is 329 g/mol. The van der Waals surface area contributed by atoms with Crippen molar-refractivity contribution in [3.63, 3.8) is 0 Å². The highest BCUT2D eigenvalue weighted by molar-refractivity contribution is 5.77. The minimum Gasteiger partial charge on any atom is -0.484 e. The maximum Gasteiger partial charge on any atom is 0.260 e. The zero-order valence-corrected chi connectivity index (χ0v) is 14.7. The van der Waals surface area contributed by atoms with Crippen molar-refractivity contribution in [3.05, 3.63) is 65.0 Å². The number of rotatable bonds is 6. The second kappa shape index (κ2) is 7.95. The number of carbonyl (C=O) groups is 1. The Kier molecular flexibility index (Phi) is 5.96. The first-order chi connectivity index (χ1) is 11.4. The number of halogens is 1. The van der Waals surface area contributed by atoms with Gasteiger partial charge in [0.05, 0.1) is 0 Å². The van der Waals surface area contributed by atoms with E-state index in [1.54, 1.807) is 25.2 Å². The van der Waals surface area contributed by atoms with E-state index in [2.05, 4.69) is 13.8 Å². The Balaban J connectivity index is 1.93. The lowest BCUT2D eigenvalue weighted by Crippen LogP contribution is -2.31. The Hall–Kier alpha value is -2.36. The van der Waals surface area contributed by atoms with Crippen molar-refractivity contribution in [1.29, 1.82) is 0 Å². The van der Waals surface area contributed by atoms with Gasteiger partial charge in [0.1, 0.15) is 11.6 Å². The van der Waals surface area contributed by atoms with Crippen LogP contribution in [-0.4, -0.2) is 24.5 Å². The van der Waals surface area contributed by atoms with Gasteiger partial charge in [-0.05, 0) is 42.2 Å². The summed E-state index contributed by atoms with van der Waals surface area (Å²) in [6.07, 6.45) is 0. The third-order valence-electron chi connectivity index (χ3n) is 4.02. The van der Waals surface area contributed by atoms with Gasteiger partial charge in [-0.25, -0.2) is 4.39 Å². The molecule has 0 heterocycles. The molecule has 0 fully saturated rings. The molecule has 3 nitrogen and oxygen atoms in total. The fourth-order valence-electron chi connectivity index (χ4n) is 2.61. The summed E-state index contributed by atoms with van der Waals surface area (Å²) in [7, 11) is 1.64. The fourth-order valence-corrected chi connectivity index (χ4v) is 2.61. The van der Waals surface area contributed by atoms with Gasteiger partial charge in [-0.15, -0.1) is 0 Å². The third-order valence-corrected chi connectivity index (χ3v) is 4.02. The number of aryl methyl sites for hydroxylation is 1. The largest absolute Gasteiger partial charge is 0.484 e. The number of hydrogen-bond acceptors (Lipinski definition) is 2. The van der Waals surface area contributed by atoms with Crippen molar-refractivity contribution >= 4 is 5.91 Å². The van der Waals surface area contributed by atoms with Gasteiger partial charge in [-0.3, -0.25) is 4.79 Å². The second-order valence-electron chi connectivity index (χ2n) is 6.30. The van der Waals surface area contributed by atoms with E-state index in [0.29, 0.717) is 17.2 Å². The molecule has 0 aliphatic rings. The molecule has 0 aliphatic heterocycles. The van der Waals surface area contributed by atoms with Crippen LogP contribution in [0, 0.1) is 12.7 Å². The first kappa shape index (κ1) is 18.0. The van der Waals surface area contributed by atoms with Gasteiger partial charge < -0.3 is 9.64 Å². The Bertz CT molecular complexity index is 713. The van der Waals surface area contributed by atoms with Crippen LogP contribution in [0.15, 0.2) is 42.5 Å². The van der Waals surface area contributed by atoms with Gasteiger partial charge in [-0.1, -0.05) is 38.1 Å². The number of hydrogen-bond donors (Lipinski definition) is 0. The van der Waals surface area contributed by atoms with E-state index < -0.39 is 0 Å². The maximum atomic E-state index is 13.6. The molecule has 2 rings (SSSR count). The van der Waals surface area contributed by atoms with Crippen molar-refractivity contribution in [2.75, 3.05) is 13.7 Å². The van der Waals surface area contributed by atoms with Gasteiger partial charge in [0, 0.05) is 19.2 Å². The monoisotopic (exact) mass is 329 g/mol. The van der Waals surface area contributed by atoms with E-state index in [9.17, 15) is 9.18 Å². The van der Waals surface area contributed by atoms with E-state index in [4.69, 9.17) is 4.74 Å². The summed E-state index contributed by atoms with van der Waals surface area (Å²) in [6, 6.07) is 12.3. The lowest BCUT2D eigenvalue weighted by atomic mass is 9.98. The molecule has 0 aliphatic carbocycles. The molecule has 0 saturated heterocycles. The van der Waals surface area contributed by atoms with Crippen molar-refractivity contribution in [1.82, 2.24) is 4.90 Å². The molecule has 4 heteroatoms. The second-order valence-corrected chi connectivity index (χ2v) is 6.30. The summed E-state index contributed by atoms with van der Waals surface area (Å²) < 4.78 is 19.2. The van der Waals surface area contributed by atoms with Crippen molar-refractivity contribution in [2.24, 2.45) is 0 Å². The smallest absolute Gasteiger partial charge is 0.260 e. The summed E-state index contributed by atoms with van der Waals surface area (Å²) in [5, 5.41) is 0. The molecule has 0 N–H and O–H groups in total. The van der Waals surface area contributed by atoms with Crippen LogP contribution in [-0.2, 0) is 11.3 Å². The van der Waals surface area contributed by atoms with Gasteiger partial charge >= 0.3 is 0 Å². The van der Waals surface area contributed by atoms with E-state index in [1.165, 1.54) is 16.5 Å². The summed E-state index contributed by atoms with van der Waals surface area (Å²) in [5.41, 5.74) is 2.91. The highest BCUT2D eigenvalue weighted by atomic mass is 19.1. The minimum atomic E-state index is -0.307. The topological polar surface area (TPSA) is 29.5 Å². The Morgan fingerprint density at radius 2 is 1.92 bits per heavy atom. The maximum absolute atomic E-state index is 13.6. The van der Waals surface area contributed by atoms with Crippen LogP contribution < -0.4 is 4.74 Å². The SMILES string of the molecule is Cc1cc(OCC(=O)N(C)Cc2ccccc2F)ccc1C(C)C. The van der Waals surface area contributed by atoms with Crippen LogP contribution in [0.1, 0.15) is 36.5 Å². The lowest BCUT2D eigenvalue weighted by molar-refractivity contribution is -0.132. The zero-order chi connectivity index (χ0) is 17.7. The lowest BCUT2D eigenvalue weighted by Gasteiger charge is -2.18. The summed E-state index contributed by atoms with van der Waals surface area (Å²) in [6.45, 7) is 6.48. The molecule has 2 aromatic carbocycles. The van der Waals surface area contributed by atoms with E-state index in [0.717, 1.165) is 5.56 Å². The summed E-state index contributed by atoms with van der Waals surface area (Å²) >= 11 is 0. The first-order valence-electron chi connectivity index (χ1n) is 8.09. The van der Waals surface area contributed by atoms with E-state index in [-0.39, 0.29) is 24.9 Å². The molecule has 1 amide bonds. The average Bonchev–Trinajstić information content (AvgIpc) is 2.54. The minimum absolute atomic E-state index is 0.0641. The molecule has 0 aromatic heterocycles. The summed E-state index contributed by atoms with van der Waals surface area (Å²) in [5.74, 6) is 0.624. The number of nitrogens with zero attached hydrogens (tertiary/aromatic N) is 1. The Labute approximate surface area is 143 Å². The van der Waals surface area contributed by atoms with Gasteiger partial charge in [-0.2, -0.15) is 0 Å². The Morgan fingerprint density at radius 3 is 2.54 bits per heavy atom. The van der Waals surface area contributed by atoms with E-state index >= 15 is 0 Å². The molecule has 2 aromatic rings. The predicted molar refractivity (Wildman–Crippen MR) is 93.6 cm³/mol. The molecule has 0 radical (unpaired) electrons. The van der Waals surface area contributed by atoms with E-state index in [1.807, 2.05) is 25.1 Å². The molecule has 0 saturated carbocycles. The molecular formula is C20H24FNO2. The van der Waals surface area contributed by atoms with Gasteiger partial charge in [0.2, 0.25) is 0 Å². The van der Waals surface area contributed by atoms with Crippen LogP contribution in [0.4, 0.5) is 4.39 Å². The van der Waals surface area contributed by atoms with Crippen LogP contribution in [0.2, 0.25) is 0 Å². The zero-order valence-electron chi connectivity index (χ0n) is 14.7. The van der Waals surface area contributed by atoms with Crippen molar-refractivity contribution < 1.29 is 13.9 Å². The Morgan fingerprint density at radius 1 is 1.21 bits per heavy atom. The molecular weight excluding hydrogens is 305 g/mol. The van der Waals surface area contributed by atoms with Gasteiger partial charge in [0.25, 0.3) is 5.91 Å². The first-order valence-corrected chi connectivity index (χ1v) is 8.09. The molecule has 0 spiro atoms. The molecule has 0 bridgehead atoms. The normalized spacial score (nSPS) is 10.8. The van der Waals surface area contributed by atoms with Gasteiger partial charge in [0.15, 0.2) is 6.61 Å². The predicted octanol–water partition coefficient (Wildman–Crippen LogP) is 4.29. The fraction of sp³-hybridized carbons (Fsp3) is 0.350. The number of likely N-dealkylation sites (N-methyl/N-ethyl adjacent to an activating group) is 1. The molecule has 128 valence electrons. The molecule has 0 unspecified atom stereocenters. The molecule has 0 atom stereocenters. The van der Waals surface area contributed by atoms with Crippen LogP contribution in [0.3, 0.4) is 0 Å². The number of amides is 1. The van der Waals surface area contributed by atoms with Crippen molar-refractivity contribution in [2.45, 2.75) is 33.2 Å². The third kappa shape index (κ3) is 4.57.